The smallest absolute Gasteiger partial charge is 0.420 e. The summed E-state index contributed by atoms with van der Waals surface area (Å²) >= 11 is 6.22. The molecule has 148 valence electrons. The van der Waals surface area contributed by atoms with Gasteiger partial charge in [-0.15, -0.1) is 0 Å². The summed E-state index contributed by atoms with van der Waals surface area (Å²) in [5, 5.41) is 2.34. The van der Waals surface area contributed by atoms with Gasteiger partial charge in [0.1, 0.15) is 10.9 Å². The molecule has 6 nitrogen and oxygen atoms in total. The minimum atomic E-state index is -4.71. The van der Waals surface area contributed by atoms with Gasteiger partial charge in [-0.05, 0) is 29.8 Å². The lowest BCUT2D eigenvalue weighted by Crippen LogP contribution is -2.23. The van der Waals surface area contributed by atoms with Crippen LogP contribution in [0.15, 0.2) is 59.6 Å². The summed E-state index contributed by atoms with van der Waals surface area (Å²) in [7, 11) is 0. The molecule has 0 bridgehead atoms. The fraction of sp³-hybridized carbons (Fsp3) is 0.105. The third-order valence-corrected chi connectivity index (χ3v) is 4.52. The van der Waals surface area contributed by atoms with E-state index in [-0.39, 0.29) is 28.7 Å². The first-order chi connectivity index (χ1) is 13.8. The normalized spacial score (nSPS) is 11.7. The van der Waals surface area contributed by atoms with Crippen LogP contribution >= 0.6 is 11.6 Å². The molecule has 4 aromatic heterocycles. The molecule has 0 saturated heterocycles. The second-order valence-corrected chi connectivity index (χ2v) is 6.46. The molecule has 10 heteroatoms. The number of hydrogen-bond acceptors (Lipinski definition) is 4. The summed E-state index contributed by atoms with van der Waals surface area (Å²) in [6, 6.07) is 7.43. The highest BCUT2D eigenvalue weighted by atomic mass is 35.5. The van der Waals surface area contributed by atoms with Gasteiger partial charge in [0.15, 0.2) is 11.3 Å². The van der Waals surface area contributed by atoms with Crippen molar-refractivity contribution in [3.8, 4) is 11.3 Å². The van der Waals surface area contributed by atoms with Crippen LogP contribution in [0.2, 0.25) is 5.15 Å². The van der Waals surface area contributed by atoms with Gasteiger partial charge in [0.25, 0.3) is 5.91 Å². The van der Waals surface area contributed by atoms with Crippen LogP contribution in [-0.4, -0.2) is 20.3 Å². The van der Waals surface area contributed by atoms with Crippen molar-refractivity contribution in [2.24, 2.45) is 0 Å². The SMILES string of the molecule is O=C(NCc1cccnc1)c1nc2c(C(F)(F)F)cc(-c3ccco3)cn2c1Cl. The first-order valence-corrected chi connectivity index (χ1v) is 8.72. The average Bonchev–Trinajstić information content (AvgIpc) is 3.34. The van der Waals surface area contributed by atoms with E-state index in [0.29, 0.717) is 0 Å². The number of halogens is 4. The van der Waals surface area contributed by atoms with E-state index < -0.39 is 23.3 Å². The van der Waals surface area contributed by atoms with Gasteiger partial charge in [0, 0.05) is 30.7 Å². The van der Waals surface area contributed by atoms with Crippen molar-refractivity contribution in [2.45, 2.75) is 12.7 Å². The average molecular weight is 421 g/mol. The number of carbonyl (C=O) groups excluding carboxylic acids is 1. The zero-order chi connectivity index (χ0) is 20.6. The number of fused-ring (bicyclic) bond motifs is 1. The lowest BCUT2D eigenvalue weighted by molar-refractivity contribution is -0.136. The Bertz CT molecular complexity index is 1170. The molecule has 0 aromatic carbocycles. The van der Waals surface area contributed by atoms with Crippen LogP contribution in [0, 0.1) is 0 Å². The third kappa shape index (κ3) is 3.68. The van der Waals surface area contributed by atoms with Gasteiger partial charge in [-0.3, -0.25) is 14.2 Å². The van der Waals surface area contributed by atoms with Crippen molar-refractivity contribution >= 4 is 23.2 Å². The molecule has 4 aromatic rings. The number of aromatic nitrogens is 3. The summed E-state index contributed by atoms with van der Waals surface area (Å²) in [6.45, 7) is 0.126. The molecule has 0 radical (unpaired) electrons. The van der Waals surface area contributed by atoms with Crippen molar-refractivity contribution < 1.29 is 22.4 Å². The third-order valence-electron chi connectivity index (χ3n) is 4.16. The monoisotopic (exact) mass is 420 g/mol. The van der Waals surface area contributed by atoms with Crippen LogP contribution in [-0.2, 0) is 12.7 Å². The Kier molecular flexibility index (Phi) is 4.75. The fourth-order valence-corrected chi connectivity index (χ4v) is 3.07. The van der Waals surface area contributed by atoms with E-state index in [4.69, 9.17) is 16.0 Å². The number of pyridine rings is 2. The number of nitrogens with zero attached hydrogens (tertiary/aromatic N) is 3. The highest BCUT2D eigenvalue weighted by molar-refractivity contribution is 6.33. The molecule has 0 fully saturated rings. The number of rotatable bonds is 4. The molecule has 29 heavy (non-hydrogen) atoms. The van der Waals surface area contributed by atoms with Gasteiger partial charge in [-0.1, -0.05) is 17.7 Å². The number of hydrogen-bond donors (Lipinski definition) is 1. The Hall–Kier alpha value is -3.33. The van der Waals surface area contributed by atoms with Gasteiger partial charge in [-0.2, -0.15) is 13.2 Å². The van der Waals surface area contributed by atoms with E-state index in [1.54, 1.807) is 30.6 Å². The zero-order valence-corrected chi connectivity index (χ0v) is 15.3. The van der Waals surface area contributed by atoms with Crippen LogP contribution < -0.4 is 5.32 Å². The summed E-state index contributed by atoms with van der Waals surface area (Å²) in [6.07, 6.45) is 1.13. The van der Waals surface area contributed by atoms with Crippen LogP contribution in [0.1, 0.15) is 21.6 Å². The maximum absolute atomic E-state index is 13.6. The van der Waals surface area contributed by atoms with Crippen molar-refractivity contribution in [1.82, 2.24) is 19.7 Å². The molecule has 0 aliphatic carbocycles. The Morgan fingerprint density at radius 3 is 2.76 bits per heavy atom. The molecule has 0 aliphatic rings. The molecule has 0 atom stereocenters. The van der Waals surface area contributed by atoms with E-state index in [9.17, 15) is 18.0 Å². The number of furan rings is 1. The lowest BCUT2D eigenvalue weighted by atomic mass is 10.1. The number of carbonyl (C=O) groups is 1. The lowest BCUT2D eigenvalue weighted by Gasteiger charge is -2.10. The highest BCUT2D eigenvalue weighted by Crippen LogP contribution is 2.37. The molecule has 0 saturated carbocycles. The van der Waals surface area contributed by atoms with Crippen molar-refractivity contribution in [3.05, 3.63) is 77.2 Å². The quantitative estimate of drug-likeness (QED) is 0.524. The number of imidazole rings is 1. The van der Waals surface area contributed by atoms with Gasteiger partial charge in [0.2, 0.25) is 0 Å². The molecule has 4 heterocycles. The Labute approximate surface area is 167 Å². The standard InChI is InChI=1S/C19H12ClF3N4O2/c20-16-15(18(28)25-9-11-3-1-5-24-8-11)26-17-13(19(21,22)23)7-12(10-27(16)17)14-4-2-6-29-14/h1-8,10H,9H2,(H,25,28). The van der Waals surface area contributed by atoms with Crippen molar-refractivity contribution in [3.63, 3.8) is 0 Å². The van der Waals surface area contributed by atoms with E-state index in [0.717, 1.165) is 16.0 Å². The summed E-state index contributed by atoms with van der Waals surface area (Å²) in [5.41, 5.74) is -0.935. The molecule has 0 spiro atoms. The number of alkyl halides is 3. The molecule has 4 rings (SSSR count). The summed E-state index contributed by atoms with van der Waals surface area (Å²) < 4.78 is 47.1. The van der Waals surface area contributed by atoms with Crippen LogP contribution in [0.4, 0.5) is 13.2 Å². The summed E-state index contributed by atoms with van der Waals surface area (Å²) in [5.74, 6) is -0.472. The predicted molar refractivity (Wildman–Crippen MR) is 98.3 cm³/mol. The number of nitrogens with one attached hydrogen (secondary N) is 1. The molecular formula is C19H12ClF3N4O2. The van der Waals surface area contributed by atoms with E-state index in [1.807, 2.05) is 0 Å². The number of amides is 1. The van der Waals surface area contributed by atoms with Crippen molar-refractivity contribution in [1.29, 1.82) is 0 Å². The second-order valence-electron chi connectivity index (χ2n) is 6.11. The maximum Gasteiger partial charge on any atom is 0.420 e. The van der Waals surface area contributed by atoms with E-state index >= 15 is 0 Å². The molecule has 0 unspecified atom stereocenters. The molecular weight excluding hydrogens is 409 g/mol. The van der Waals surface area contributed by atoms with Gasteiger partial charge >= 0.3 is 6.18 Å². The Morgan fingerprint density at radius 1 is 1.28 bits per heavy atom. The first kappa shape index (κ1) is 19.0. The Balaban J connectivity index is 1.76. The minimum absolute atomic E-state index is 0.126. The topological polar surface area (TPSA) is 72.4 Å². The van der Waals surface area contributed by atoms with Crippen LogP contribution in [0.3, 0.4) is 0 Å². The van der Waals surface area contributed by atoms with Gasteiger partial charge < -0.3 is 9.73 Å². The van der Waals surface area contributed by atoms with Crippen LogP contribution in [0.5, 0.6) is 0 Å². The Morgan fingerprint density at radius 2 is 2.10 bits per heavy atom. The van der Waals surface area contributed by atoms with Gasteiger partial charge in [-0.25, -0.2) is 4.98 Å². The van der Waals surface area contributed by atoms with Crippen LogP contribution in [0.25, 0.3) is 17.0 Å². The fourth-order valence-electron chi connectivity index (χ4n) is 2.82. The van der Waals surface area contributed by atoms with Crippen molar-refractivity contribution in [2.75, 3.05) is 0 Å². The second kappa shape index (κ2) is 7.25. The van der Waals surface area contributed by atoms with E-state index in [2.05, 4.69) is 15.3 Å². The largest absolute Gasteiger partial charge is 0.464 e. The first-order valence-electron chi connectivity index (χ1n) is 8.34. The maximum atomic E-state index is 13.6. The molecule has 1 N–H and O–H groups in total. The summed E-state index contributed by atoms with van der Waals surface area (Å²) in [4.78, 5) is 20.3. The highest BCUT2D eigenvalue weighted by Gasteiger charge is 2.36. The van der Waals surface area contributed by atoms with Gasteiger partial charge in [0.05, 0.1) is 11.8 Å². The predicted octanol–water partition coefficient (Wildman–Crippen LogP) is 4.59. The minimum Gasteiger partial charge on any atom is -0.464 e. The zero-order valence-electron chi connectivity index (χ0n) is 14.6. The molecule has 0 aliphatic heterocycles. The van der Waals surface area contributed by atoms with E-state index in [1.165, 1.54) is 18.5 Å². The molecule has 1 amide bonds.